The van der Waals surface area contributed by atoms with Crippen molar-refractivity contribution in [3.8, 4) is 0 Å². The molecule has 2 aliphatic rings. The van der Waals surface area contributed by atoms with Gasteiger partial charge in [0.1, 0.15) is 6.04 Å². The minimum atomic E-state index is -1.38. The number of rotatable bonds is 4. The first kappa shape index (κ1) is 18.1. The third-order valence-corrected chi connectivity index (χ3v) is 4.41. The fourth-order valence-corrected chi connectivity index (χ4v) is 3.07. The van der Waals surface area contributed by atoms with Crippen LogP contribution in [-0.2, 0) is 24.0 Å². The fourth-order valence-electron chi connectivity index (χ4n) is 3.07. The minimum Gasteiger partial charge on any atom is -0.467 e. The summed E-state index contributed by atoms with van der Waals surface area (Å²) < 4.78 is 4.74. The lowest BCUT2D eigenvalue weighted by Crippen LogP contribution is -2.51. The van der Waals surface area contributed by atoms with Crippen molar-refractivity contribution in [2.75, 3.05) is 13.7 Å². The predicted octanol–water partition coefficient (Wildman–Crippen LogP) is 0.540. The van der Waals surface area contributed by atoms with Crippen molar-refractivity contribution in [3.05, 3.63) is 48.0 Å². The number of ether oxygens (including phenoxy) is 1. The van der Waals surface area contributed by atoms with Crippen LogP contribution in [0.15, 0.2) is 42.5 Å². The topological polar surface area (TPSA) is 96.4 Å². The number of hydroxylamine groups is 2. The summed E-state index contributed by atoms with van der Waals surface area (Å²) in [7, 11) is 1.26. The van der Waals surface area contributed by atoms with Gasteiger partial charge in [-0.3, -0.25) is 14.5 Å². The van der Waals surface area contributed by atoms with Crippen molar-refractivity contribution < 1.29 is 29.1 Å². The Bertz CT molecular complexity index is 720. The third kappa shape index (κ3) is 3.47. The van der Waals surface area contributed by atoms with E-state index < -0.39 is 30.3 Å². The van der Waals surface area contributed by atoms with E-state index in [1.54, 1.807) is 42.5 Å². The Morgan fingerprint density at radius 3 is 2.73 bits per heavy atom. The zero-order chi connectivity index (χ0) is 18.7. The molecule has 0 aromatic heterocycles. The Morgan fingerprint density at radius 2 is 2.04 bits per heavy atom. The maximum Gasteiger partial charge on any atom is 0.328 e. The largest absolute Gasteiger partial charge is 0.467 e. The first-order valence-corrected chi connectivity index (χ1v) is 8.29. The molecule has 0 saturated carbocycles. The molecule has 3 rings (SSSR count). The van der Waals surface area contributed by atoms with Crippen LogP contribution in [-0.4, -0.2) is 58.8 Å². The van der Waals surface area contributed by atoms with Crippen LogP contribution in [0, 0.1) is 0 Å². The lowest BCUT2D eigenvalue weighted by molar-refractivity contribution is -0.232. The summed E-state index contributed by atoms with van der Waals surface area (Å²) in [6.45, 7) is 0.129. The lowest BCUT2D eigenvalue weighted by Gasteiger charge is -2.36. The maximum atomic E-state index is 12.5. The Kier molecular flexibility index (Phi) is 5.34. The van der Waals surface area contributed by atoms with Gasteiger partial charge in [0, 0.05) is 6.42 Å². The number of carbonyl (C=O) groups is 3. The highest BCUT2D eigenvalue weighted by molar-refractivity contribution is 5.88. The number of hydrogen-bond acceptors (Lipinski definition) is 6. The van der Waals surface area contributed by atoms with Gasteiger partial charge >= 0.3 is 5.97 Å². The van der Waals surface area contributed by atoms with Crippen molar-refractivity contribution in [2.24, 2.45) is 0 Å². The normalized spacial score (nSPS) is 23.8. The van der Waals surface area contributed by atoms with E-state index in [1.807, 2.05) is 0 Å². The van der Waals surface area contributed by atoms with E-state index in [0.717, 1.165) is 5.06 Å². The van der Waals surface area contributed by atoms with Crippen LogP contribution in [0.4, 0.5) is 0 Å². The van der Waals surface area contributed by atoms with E-state index in [-0.39, 0.29) is 18.9 Å². The molecule has 0 aliphatic carbocycles. The number of esters is 1. The Morgan fingerprint density at radius 1 is 1.31 bits per heavy atom. The van der Waals surface area contributed by atoms with E-state index >= 15 is 0 Å². The number of aliphatic hydroxyl groups is 1. The Hall–Kier alpha value is -2.71. The van der Waals surface area contributed by atoms with Gasteiger partial charge in [0.05, 0.1) is 13.7 Å². The van der Waals surface area contributed by atoms with Crippen LogP contribution in [0.1, 0.15) is 24.5 Å². The SMILES string of the molecule is COC(=O)[C@@H]1CCC(=O)N1[C@H]1C=CCN(C(=O)[C@H](O)c2ccccc2)O1. The molecular formula is C18H20N2O6. The van der Waals surface area contributed by atoms with Crippen LogP contribution in [0.2, 0.25) is 0 Å². The summed E-state index contributed by atoms with van der Waals surface area (Å²) in [5.74, 6) is -1.43. The maximum absolute atomic E-state index is 12.5. The molecule has 2 heterocycles. The number of amides is 2. The van der Waals surface area contributed by atoms with Gasteiger partial charge < -0.3 is 9.84 Å². The third-order valence-electron chi connectivity index (χ3n) is 4.41. The van der Waals surface area contributed by atoms with Crippen molar-refractivity contribution in [2.45, 2.75) is 31.2 Å². The highest BCUT2D eigenvalue weighted by atomic mass is 16.7. The van der Waals surface area contributed by atoms with Gasteiger partial charge in [0.2, 0.25) is 5.91 Å². The highest BCUT2D eigenvalue weighted by Gasteiger charge is 2.43. The smallest absolute Gasteiger partial charge is 0.328 e. The quantitative estimate of drug-likeness (QED) is 0.622. The molecular weight excluding hydrogens is 340 g/mol. The molecule has 0 bridgehead atoms. The van der Waals surface area contributed by atoms with Crippen LogP contribution < -0.4 is 0 Å². The van der Waals surface area contributed by atoms with E-state index in [9.17, 15) is 19.5 Å². The average molecular weight is 360 g/mol. The number of likely N-dealkylation sites (tertiary alicyclic amines) is 1. The predicted molar refractivity (Wildman–Crippen MR) is 89.0 cm³/mol. The molecule has 1 fully saturated rings. The second-order valence-corrected chi connectivity index (χ2v) is 6.02. The van der Waals surface area contributed by atoms with Gasteiger partial charge in [-0.25, -0.2) is 14.7 Å². The zero-order valence-corrected chi connectivity index (χ0v) is 14.3. The first-order chi connectivity index (χ1) is 12.5. The number of benzene rings is 1. The molecule has 26 heavy (non-hydrogen) atoms. The van der Waals surface area contributed by atoms with Crippen molar-refractivity contribution in [3.63, 3.8) is 0 Å². The second kappa shape index (κ2) is 7.67. The monoisotopic (exact) mass is 360 g/mol. The van der Waals surface area contributed by atoms with Gasteiger partial charge in [0.25, 0.3) is 5.91 Å². The van der Waals surface area contributed by atoms with E-state index in [1.165, 1.54) is 12.0 Å². The van der Waals surface area contributed by atoms with E-state index in [2.05, 4.69) is 0 Å². The molecule has 8 nitrogen and oxygen atoms in total. The first-order valence-electron chi connectivity index (χ1n) is 8.29. The van der Waals surface area contributed by atoms with Crippen molar-refractivity contribution in [1.29, 1.82) is 0 Å². The van der Waals surface area contributed by atoms with E-state index in [4.69, 9.17) is 9.57 Å². The number of nitrogens with zero attached hydrogens (tertiary/aromatic N) is 2. The van der Waals surface area contributed by atoms with Gasteiger partial charge in [-0.15, -0.1) is 0 Å². The number of carbonyl (C=O) groups excluding carboxylic acids is 3. The average Bonchev–Trinajstić information content (AvgIpc) is 3.08. The number of methoxy groups -OCH3 is 1. The van der Waals surface area contributed by atoms with Crippen LogP contribution in [0.3, 0.4) is 0 Å². The van der Waals surface area contributed by atoms with Gasteiger partial charge in [-0.1, -0.05) is 36.4 Å². The molecule has 2 aliphatic heterocycles. The van der Waals surface area contributed by atoms with Gasteiger partial charge in [-0.2, -0.15) is 0 Å². The Balaban J connectivity index is 1.74. The Labute approximate surface area is 150 Å². The van der Waals surface area contributed by atoms with E-state index in [0.29, 0.717) is 12.0 Å². The summed E-state index contributed by atoms with van der Waals surface area (Å²) in [5.41, 5.74) is 0.442. The molecule has 0 radical (unpaired) electrons. The summed E-state index contributed by atoms with van der Waals surface area (Å²) in [6.07, 6.45) is 1.51. The molecule has 138 valence electrons. The molecule has 1 saturated heterocycles. The second-order valence-electron chi connectivity index (χ2n) is 6.02. The van der Waals surface area contributed by atoms with Crippen LogP contribution >= 0.6 is 0 Å². The molecule has 3 atom stereocenters. The fraction of sp³-hybridized carbons (Fsp3) is 0.389. The van der Waals surface area contributed by atoms with Gasteiger partial charge in [0.15, 0.2) is 12.3 Å². The van der Waals surface area contributed by atoms with Crippen molar-refractivity contribution >= 4 is 17.8 Å². The molecule has 2 amide bonds. The van der Waals surface area contributed by atoms with Gasteiger partial charge in [-0.05, 0) is 18.1 Å². The minimum absolute atomic E-state index is 0.129. The standard InChI is InChI=1S/C18H20N2O6/c1-25-18(24)13-9-10-14(21)20(13)15-8-5-11-19(26-15)17(23)16(22)12-6-3-2-4-7-12/h2-8,13,15-16,22H,9-11H2,1H3/t13-,15+,16+/m0/s1. The molecule has 1 aromatic rings. The summed E-state index contributed by atoms with van der Waals surface area (Å²) in [5, 5.41) is 11.3. The molecule has 1 N–H and O–H groups in total. The zero-order valence-electron chi connectivity index (χ0n) is 14.3. The lowest BCUT2D eigenvalue weighted by atomic mass is 10.1. The number of aliphatic hydroxyl groups excluding tert-OH is 1. The van der Waals surface area contributed by atoms with Crippen molar-refractivity contribution in [1.82, 2.24) is 9.96 Å². The van der Waals surface area contributed by atoms with Crippen LogP contribution in [0.25, 0.3) is 0 Å². The van der Waals surface area contributed by atoms with Crippen LogP contribution in [0.5, 0.6) is 0 Å². The highest BCUT2D eigenvalue weighted by Crippen LogP contribution is 2.27. The summed E-state index contributed by atoms with van der Waals surface area (Å²) >= 11 is 0. The molecule has 8 heteroatoms. The molecule has 1 aromatic carbocycles. The summed E-state index contributed by atoms with van der Waals surface area (Å²) in [6, 6.07) is 7.73. The molecule has 0 unspecified atom stereocenters. The number of hydrogen-bond donors (Lipinski definition) is 1. The molecule has 0 spiro atoms. The summed E-state index contributed by atoms with van der Waals surface area (Å²) in [4.78, 5) is 43.5.